The minimum atomic E-state index is -0.168. The molecular formula is C25H32N6O2. The number of carbonyl (C=O) groups excluding carboxylic acids is 2. The Kier molecular flexibility index (Phi) is 8.41. The van der Waals surface area contributed by atoms with E-state index in [-0.39, 0.29) is 24.9 Å². The Morgan fingerprint density at radius 1 is 1.09 bits per heavy atom. The normalized spacial score (nSPS) is 12.7. The highest BCUT2D eigenvalue weighted by atomic mass is 16.2. The minimum Gasteiger partial charge on any atom is -0.353 e. The van der Waals surface area contributed by atoms with Crippen molar-refractivity contribution in [3.05, 3.63) is 64.7 Å². The second-order valence-electron chi connectivity index (χ2n) is 8.18. The van der Waals surface area contributed by atoms with Crippen LogP contribution in [0.25, 0.3) is 0 Å². The van der Waals surface area contributed by atoms with E-state index >= 15 is 0 Å². The predicted molar refractivity (Wildman–Crippen MR) is 128 cm³/mol. The third-order valence-corrected chi connectivity index (χ3v) is 5.82. The SMILES string of the molecule is CCNCCNC(=O)CN(CC(=O)N(C)N1Cc2ccccc2C1)c1cc(C#N)ccc1C. The minimum absolute atomic E-state index is 0.0275. The van der Waals surface area contributed by atoms with Crippen molar-refractivity contribution in [1.29, 1.82) is 5.26 Å². The van der Waals surface area contributed by atoms with E-state index < -0.39 is 0 Å². The first kappa shape index (κ1) is 24.2. The highest BCUT2D eigenvalue weighted by molar-refractivity contribution is 5.86. The molecular weight excluding hydrogens is 416 g/mol. The number of benzene rings is 2. The Balaban J connectivity index is 1.73. The second kappa shape index (κ2) is 11.5. The molecule has 1 aliphatic heterocycles. The number of fused-ring (bicyclic) bond motifs is 1. The fraction of sp³-hybridized carbons (Fsp3) is 0.400. The molecule has 8 heteroatoms. The van der Waals surface area contributed by atoms with Gasteiger partial charge < -0.3 is 15.5 Å². The van der Waals surface area contributed by atoms with Gasteiger partial charge in [0.2, 0.25) is 5.91 Å². The van der Waals surface area contributed by atoms with E-state index in [1.165, 1.54) is 11.1 Å². The molecule has 0 fully saturated rings. The number of nitriles is 1. The average molecular weight is 449 g/mol. The summed E-state index contributed by atoms with van der Waals surface area (Å²) >= 11 is 0. The number of aryl methyl sites for hydroxylation is 1. The summed E-state index contributed by atoms with van der Waals surface area (Å²) in [5, 5.41) is 19.0. The summed E-state index contributed by atoms with van der Waals surface area (Å²) in [4.78, 5) is 27.6. The molecule has 2 N–H and O–H groups in total. The van der Waals surface area contributed by atoms with Gasteiger partial charge in [-0.1, -0.05) is 37.3 Å². The molecule has 33 heavy (non-hydrogen) atoms. The van der Waals surface area contributed by atoms with Crippen LogP contribution in [0.15, 0.2) is 42.5 Å². The van der Waals surface area contributed by atoms with Gasteiger partial charge in [-0.25, -0.2) is 5.01 Å². The third-order valence-electron chi connectivity index (χ3n) is 5.82. The van der Waals surface area contributed by atoms with Gasteiger partial charge in [-0.3, -0.25) is 14.6 Å². The number of nitrogens with one attached hydrogen (secondary N) is 2. The van der Waals surface area contributed by atoms with Gasteiger partial charge in [0.05, 0.1) is 24.7 Å². The predicted octanol–water partition coefficient (Wildman–Crippen LogP) is 1.79. The van der Waals surface area contributed by atoms with E-state index in [9.17, 15) is 14.9 Å². The molecule has 1 heterocycles. The van der Waals surface area contributed by atoms with Crippen LogP contribution in [0.5, 0.6) is 0 Å². The maximum atomic E-state index is 13.2. The molecule has 174 valence electrons. The molecule has 0 radical (unpaired) electrons. The molecule has 0 spiro atoms. The lowest BCUT2D eigenvalue weighted by Gasteiger charge is -2.32. The van der Waals surface area contributed by atoms with E-state index in [1.807, 2.05) is 37.1 Å². The summed E-state index contributed by atoms with van der Waals surface area (Å²) in [6, 6.07) is 15.6. The standard InChI is InChI=1S/C25H32N6O2/c1-4-27-11-12-28-24(32)17-30(23-13-20(14-26)10-9-19(23)2)18-25(33)29(3)31-15-21-7-5-6-8-22(21)16-31/h5-10,13,27H,4,11-12,15-18H2,1-3H3,(H,28,32). The highest BCUT2D eigenvalue weighted by Crippen LogP contribution is 2.25. The van der Waals surface area contributed by atoms with Crippen molar-refractivity contribution in [2.75, 3.05) is 44.7 Å². The zero-order valence-electron chi connectivity index (χ0n) is 19.6. The Hall–Kier alpha value is -3.41. The van der Waals surface area contributed by atoms with Crippen molar-refractivity contribution in [1.82, 2.24) is 20.7 Å². The van der Waals surface area contributed by atoms with Gasteiger partial charge >= 0.3 is 0 Å². The maximum Gasteiger partial charge on any atom is 0.256 e. The van der Waals surface area contributed by atoms with E-state index in [4.69, 9.17) is 0 Å². The molecule has 3 rings (SSSR count). The second-order valence-corrected chi connectivity index (χ2v) is 8.18. The highest BCUT2D eigenvalue weighted by Gasteiger charge is 2.27. The molecule has 0 saturated heterocycles. The van der Waals surface area contributed by atoms with E-state index in [0.717, 1.165) is 12.1 Å². The molecule has 2 aromatic carbocycles. The van der Waals surface area contributed by atoms with Gasteiger partial charge in [-0.05, 0) is 42.3 Å². The molecule has 0 bridgehead atoms. The molecule has 0 aromatic heterocycles. The zero-order valence-corrected chi connectivity index (χ0v) is 19.6. The van der Waals surface area contributed by atoms with Crippen molar-refractivity contribution in [3.63, 3.8) is 0 Å². The van der Waals surface area contributed by atoms with Crippen molar-refractivity contribution in [2.24, 2.45) is 0 Å². The molecule has 1 aliphatic rings. The average Bonchev–Trinajstić information content (AvgIpc) is 3.25. The largest absolute Gasteiger partial charge is 0.353 e. The Bertz CT molecular complexity index is 1010. The van der Waals surface area contributed by atoms with Crippen molar-refractivity contribution >= 4 is 17.5 Å². The van der Waals surface area contributed by atoms with Gasteiger partial charge in [0.15, 0.2) is 0 Å². The Labute approximate surface area is 195 Å². The maximum absolute atomic E-state index is 13.2. The number of carbonyl (C=O) groups is 2. The third kappa shape index (κ3) is 6.31. The van der Waals surface area contributed by atoms with E-state index in [1.54, 1.807) is 29.1 Å². The first-order chi connectivity index (χ1) is 15.9. The van der Waals surface area contributed by atoms with Crippen LogP contribution in [0.2, 0.25) is 0 Å². The lowest BCUT2D eigenvalue weighted by molar-refractivity contribution is -0.145. The summed E-state index contributed by atoms with van der Waals surface area (Å²) < 4.78 is 0. The lowest BCUT2D eigenvalue weighted by atomic mass is 10.1. The van der Waals surface area contributed by atoms with Crippen molar-refractivity contribution in [3.8, 4) is 6.07 Å². The first-order valence-electron chi connectivity index (χ1n) is 11.2. The number of rotatable bonds is 10. The quantitative estimate of drug-likeness (QED) is 0.539. The molecule has 2 aromatic rings. The summed E-state index contributed by atoms with van der Waals surface area (Å²) in [7, 11) is 1.77. The van der Waals surface area contributed by atoms with Gasteiger partial charge in [-0.15, -0.1) is 0 Å². The van der Waals surface area contributed by atoms with Gasteiger partial charge in [0.25, 0.3) is 5.91 Å². The number of hydrogen-bond acceptors (Lipinski definition) is 6. The summed E-state index contributed by atoms with van der Waals surface area (Å²) in [6.45, 7) is 7.36. The van der Waals surface area contributed by atoms with Crippen LogP contribution in [0.1, 0.15) is 29.2 Å². The Morgan fingerprint density at radius 2 is 1.79 bits per heavy atom. The summed E-state index contributed by atoms with van der Waals surface area (Å²) in [5.74, 6) is -0.288. The number of amides is 2. The van der Waals surface area contributed by atoms with Gasteiger partial charge in [0.1, 0.15) is 0 Å². The van der Waals surface area contributed by atoms with Gasteiger partial charge in [0, 0.05) is 38.9 Å². The number of nitrogens with zero attached hydrogens (tertiary/aromatic N) is 4. The number of hydrazine groups is 1. The first-order valence-corrected chi connectivity index (χ1v) is 11.2. The number of anilines is 1. The summed E-state index contributed by atoms with van der Waals surface area (Å²) in [5.41, 5.74) is 4.53. The van der Waals surface area contributed by atoms with Crippen LogP contribution in [-0.2, 0) is 22.7 Å². The van der Waals surface area contributed by atoms with Crippen LogP contribution in [-0.4, -0.2) is 61.6 Å². The smallest absolute Gasteiger partial charge is 0.256 e. The van der Waals surface area contributed by atoms with Crippen LogP contribution in [0.3, 0.4) is 0 Å². The molecule has 0 saturated carbocycles. The molecule has 0 atom stereocenters. The molecule has 8 nitrogen and oxygen atoms in total. The molecule has 0 aliphatic carbocycles. The topological polar surface area (TPSA) is 91.7 Å². The molecule has 0 unspecified atom stereocenters. The van der Waals surface area contributed by atoms with Gasteiger partial charge in [-0.2, -0.15) is 5.26 Å². The zero-order chi connectivity index (χ0) is 23.8. The van der Waals surface area contributed by atoms with Crippen LogP contribution in [0, 0.1) is 18.3 Å². The summed E-state index contributed by atoms with van der Waals surface area (Å²) in [6.07, 6.45) is 0. The molecule has 2 amide bonds. The van der Waals surface area contributed by atoms with Crippen LogP contribution >= 0.6 is 0 Å². The van der Waals surface area contributed by atoms with E-state index in [0.29, 0.717) is 37.4 Å². The fourth-order valence-corrected chi connectivity index (χ4v) is 3.89. The van der Waals surface area contributed by atoms with E-state index in [2.05, 4.69) is 28.8 Å². The number of likely N-dealkylation sites (N-methyl/N-ethyl adjacent to an activating group) is 2. The monoisotopic (exact) mass is 448 g/mol. The van der Waals surface area contributed by atoms with Crippen molar-refractivity contribution in [2.45, 2.75) is 26.9 Å². The fourth-order valence-electron chi connectivity index (χ4n) is 3.89. The lowest BCUT2D eigenvalue weighted by Crippen LogP contribution is -2.48. The van der Waals surface area contributed by atoms with Crippen LogP contribution < -0.4 is 15.5 Å². The van der Waals surface area contributed by atoms with Crippen molar-refractivity contribution < 1.29 is 9.59 Å². The van der Waals surface area contributed by atoms with Crippen LogP contribution in [0.4, 0.5) is 5.69 Å². The number of hydrogen-bond donors (Lipinski definition) is 2. The Morgan fingerprint density at radius 3 is 2.42 bits per heavy atom.